The number of hydrogen-bond acceptors (Lipinski definition) is 1. The van der Waals surface area contributed by atoms with Crippen LogP contribution >= 0.6 is 23.2 Å². The number of fused-ring (bicyclic) bond motifs is 2. The lowest BCUT2D eigenvalue weighted by Crippen LogP contribution is -2.11. The fraction of sp³-hybridized carbons (Fsp3) is 0.235. The lowest BCUT2D eigenvalue weighted by atomic mass is 10.1. The third-order valence-electron chi connectivity index (χ3n) is 4.26. The van der Waals surface area contributed by atoms with Crippen LogP contribution in [0.5, 0.6) is 0 Å². The fourth-order valence-corrected chi connectivity index (χ4v) is 3.75. The van der Waals surface area contributed by atoms with Gasteiger partial charge in [-0.1, -0.05) is 41.9 Å². The second kappa shape index (κ2) is 5.04. The molecule has 0 N–H and O–H groups in total. The monoisotopic (exact) mass is 316 g/mol. The molecule has 0 amide bonds. The maximum Gasteiger partial charge on any atom is 0.125 e. The number of imidazole rings is 1. The highest BCUT2D eigenvalue weighted by atomic mass is 35.5. The number of halogens is 2. The molecule has 1 heterocycles. The summed E-state index contributed by atoms with van der Waals surface area (Å²) in [4.78, 5) is 4.64. The highest BCUT2D eigenvalue weighted by Gasteiger charge is 2.26. The molecule has 1 aliphatic carbocycles. The van der Waals surface area contributed by atoms with Gasteiger partial charge in [0.1, 0.15) is 11.3 Å². The number of hydrogen-bond donors (Lipinski definition) is 0. The Labute approximate surface area is 133 Å². The fourth-order valence-electron chi connectivity index (χ4n) is 3.35. The lowest BCUT2D eigenvalue weighted by molar-refractivity contribution is 0.528. The smallest absolute Gasteiger partial charge is 0.125 e. The molecule has 0 atom stereocenters. The summed E-state index contributed by atoms with van der Waals surface area (Å²) < 4.78 is 2.27. The number of para-hydroxylation sites is 1. The van der Waals surface area contributed by atoms with Crippen LogP contribution in [0.15, 0.2) is 42.5 Å². The van der Waals surface area contributed by atoms with E-state index in [1.54, 1.807) is 0 Å². The van der Waals surface area contributed by atoms with Gasteiger partial charge in [-0.15, -0.1) is 11.6 Å². The van der Waals surface area contributed by atoms with Gasteiger partial charge in [-0.3, -0.25) is 0 Å². The molecular weight excluding hydrogens is 303 g/mol. The lowest BCUT2D eigenvalue weighted by Gasteiger charge is -2.15. The molecular formula is C17H14Cl2N2. The quantitative estimate of drug-likeness (QED) is 0.623. The molecule has 0 saturated carbocycles. The molecule has 1 aliphatic rings. The van der Waals surface area contributed by atoms with Gasteiger partial charge in [-0.25, -0.2) is 4.98 Å². The molecule has 3 aromatic rings. The van der Waals surface area contributed by atoms with Crippen molar-refractivity contribution in [3.8, 4) is 0 Å². The first-order valence-electron chi connectivity index (χ1n) is 7.06. The van der Waals surface area contributed by atoms with Gasteiger partial charge in [0.25, 0.3) is 0 Å². The van der Waals surface area contributed by atoms with E-state index in [1.165, 1.54) is 11.1 Å². The molecule has 2 aromatic carbocycles. The van der Waals surface area contributed by atoms with Gasteiger partial charge in [0.15, 0.2) is 0 Å². The Kier molecular flexibility index (Phi) is 3.16. The minimum atomic E-state index is 0.375. The Balaban J connectivity index is 1.86. The predicted octanol–water partition coefficient (Wildman–Crippen LogP) is 4.77. The number of rotatable bonds is 2. The maximum absolute atomic E-state index is 6.28. The van der Waals surface area contributed by atoms with E-state index in [2.05, 4.69) is 39.9 Å². The summed E-state index contributed by atoms with van der Waals surface area (Å²) in [6.07, 6.45) is 2.05. The molecule has 4 rings (SSSR count). The minimum Gasteiger partial charge on any atom is -0.323 e. The Bertz CT molecular complexity index is 798. The standard InChI is InChI=1S/C17H14Cl2N2/c18-10-16-20-17-14(19)6-3-7-15(17)21(16)13-8-11-4-1-2-5-12(11)9-13/h1-7,13H,8-10H2. The van der Waals surface area contributed by atoms with E-state index in [9.17, 15) is 0 Å². The van der Waals surface area contributed by atoms with Crippen LogP contribution in [0.4, 0.5) is 0 Å². The van der Waals surface area contributed by atoms with Crippen molar-refractivity contribution in [3.05, 3.63) is 64.4 Å². The van der Waals surface area contributed by atoms with Gasteiger partial charge < -0.3 is 4.57 Å². The zero-order valence-electron chi connectivity index (χ0n) is 11.4. The second-order valence-corrected chi connectivity index (χ2v) is 6.14. The van der Waals surface area contributed by atoms with E-state index in [0.717, 1.165) is 29.7 Å². The molecule has 0 saturated heterocycles. The summed E-state index contributed by atoms with van der Waals surface area (Å²) >= 11 is 12.4. The van der Waals surface area contributed by atoms with Gasteiger partial charge in [-0.2, -0.15) is 0 Å². The minimum absolute atomic E-state index is 0.375. The SMILES string of the molecule is ClCc1nc2c(Cl)cccc2n1C1Cc2ccccc2C1. The number of nitrogens with zero attached hydrogens (tertiary/aromatic N) is 2. The van der Waals surface area contributed by atoms with Crippen molar-refractivity contribution in [2.75, 3.05) is 0 Å². The molecule has 21 heavy (non-hydrogen) atoms. The first kappa shape index (κ1) is 13.2. The van der Waals surface area contributed by atoms with E-state index in [4.69, 9.17) is 23.2 Å². The number of alkyl halides is 1. The van der Waals surface area contributed by atoms with Gasteiger partial charge in [-0.05, 0) is 36.1 Å². The molecule has 0 fully saturated rings. The topological polar surface area (TPSA) is 17.8 Å². The summed E-state index contributed by atoms with van der Waals surface area (Å²) in [5, 5.41) is 0.688. The van der Waals surface area contributed by atoms with Crippen LogP contribution in [0.3, 0.4) is 0 Å². The van der Waals surface area contributed by atoms with Crippen molar-refractivity contribution in [1.82, 2.24) is 9.55 Å². The average Bonchev–Trinajstić information content (AvgIpc) is 3.08. The van der Waals surface area contributed by atoms with Crippen molar-refractivity contribution in [3.63, 3.8) is 0 Å². The number of benzene rings is 2. The van der Waals surface area contributed by atoms with Gasteiger partial charge >= 0.3 is 0 Å². The van der Waals surface area contributed by atoms with E-state index >= 15 is 0 Å². The van der Waals surface area contributed by atoms with Crippen molar-refractivity contribution in [2.24, 2.45) is 0 Å². The van der Waals surface area contributed by atoms with Gasteiger partial charge in [0, 0.05) is 6.04 Å². The van der Waals surface area contributed by atoms with Crippen LogP contribution < -0.4 is 0 Å². The average molecular weight is 317 g/mol. The van der Waals surface area contributed by atoms with Crippen molar-refractivity contribution >= 4 is 34.2 Å². The van der Waals surface area contributed by atoms with Crippen LogP contribution in [0.2, 0.25) is 5.02 Å². The normalized spacial score (nSPS) is 14.8. The third kappa shape index (κ3) is 2.05. The highest BCUT2D eigenvalue weighted by molar-refractivity contribution is 6.35. The van der Waals surface area contributed by atoms with Crippen LogP contribution in [0.1, 0.15) is 23.0 Å². The Morgan fingerprint density at radius 2 is 1.76 bits per heavy atom. The summed E-state index contributed by atoms with van der Waals surface area (Å²) in [7, 11) is 0. The molecule has 106 valence electrons. The summed E-state index contributed by atoms with van der Waals surface area (Å²) in [5.74, 6) is 1.30. The maximum atomic E-state index is 6.28. The highest BCUT2D eigenvalue weighted by Crippen LogP contribution is 2.35. The third-order valence-corrected chi connectivity index (χ3v) is 4.80. The molecule has 0 radical (unpaired) electrons. The second-order valence-electron chi connectivity index (χ2n) is 5.47. The molecule has 0 unspecified atom stereocenters. The summed E-state index contributed by atoms with van der Waals surface area (Å²) in [5.41, 5.74) is 4.78. The molecule has 0 aliphatic heterocycles. The van der Waals surface area contributed by atoms with Crippen molar-refractivity contribution in [1.29, 1.82) is 0 Å². The van der Waals surface area contributed by atoms with Crippen LogP contribution in [0.25, 0.3) is 11.0 Å². The first-order valence-corrected chi connectivity index (χ1v) is 7.97. The Morgan fingerprint density at radius 1 is 1.05 bits per heavy atom. The van der Waals surface area contributed by atoms with Crippen LogP contribution in [-0.2, 0) is 18.7 Å². The van der Waals surface area contributed by atoms with Gasteiger partial charge in [0.2, 0.25) is 0 Å². The molecule has 1 aromatic heterocycles. The van der Waals surface area contributed by atoms with Gasteiger partial charge in [0.05, 0.1) is 16.4 Å². The molecule has 2 nitrogen and oxygen atoms in total. The molecule has 0 bridgehead atoms. The first-order chi connectivity index (χ1) is 10.3. The zero-order chi connectivity index (χ0) is 14.4. The molecule has 0 spiro atoms. The Hall–Kier alpha value is -1.51. The molecule has 4 heteroatoms. The van der Waals surface area contributed by atoms with Crippen LogP contribution in [-0.4, -0.2) is 9.55 Å². The van der Waals surface area contributed by atoms with Crippen LogP contribution in [0, 0.1) is 0 Å². The van der Waals surface area contributed by atoms with Crippen molar-refractivity contribution in [2.45, 2.75) is 24.8 Å². The Morgan fingerprint density at radius 3 is 2.43 bits per heavy atom. The zero-order valence-corrected chi connectivity index (χ0v) is 12.9. The van der Waals surface area contributed by atoms with E-state index in [-0.39, 0.29) is 0 Å². The summed E-state index contributed by atoms with van der Waals surface area (Å²) in [6, 6.07) is 14.9. The number of aromatic nitrogens is 2. The largest absolute Gasteiger partial charge is 0.323 e. The van der Waals surface area contributed by atoms with E-state index in [0.29, 0.717) is 16.9 Å². The predicted molar refractivity (Wildman–Crippen MR) is 87.2 cm³/mol. The van der Waals surface area contributed by atoms with E-state index < -0.39 is 0 Å². The van der Waals surface area contributed by atoms with Crippen molar-refractivity contribution < 1.29 is 0 Å². The van der Waals surface area contributed by atoms with E-state index in [1.807, 2.05) is 12.1 Å². The summed E-state index contributed by atoms with van der Waals surface area (Å²) in [6.45, 7) is 0.